The summed E-state index contributed by atoms with van der Waals surface area (Å²) in [4.78, 5) is 3.81. The van der Waals surface area contributed by atoms with Crippen molar-refractivity contribution in [1.29, 1.82) is 0 Å². The van der Waals surface area contributed by atoms with Crippen LogP contribution in [0.25, 0.3) is 0 Å². The van der Waals surface area contributed by atoms with Gasteiger partial charge < -0.3 is 10.1 Å². The SMILES string of the molecule is Fc1cccc(NC2COCc3ccccc32)n1. The van der Waals surface area contributed by atoms with Crippen LogP contribution in [-0.4, -0.2) is 11.6 Å². The molecule has 2 heterocycles. The van der Waals surface area contributed by atoms with Gasteiger partial charge in [0.05, 0.1) is 19.3 Å². The Labute approximate surface area is 105 Å². The number of aromatic nitrogens is 1. The van der Waals surface area contributed by atoms with Gasteiger partial charge in [-0.3, -0.25) is 0 Å². The maximum absolute atomic E-state index is 13.0. The summed E-state index contributed by atoms with van der Waals surface area (Å²) in [7, 11) is 0. The first kappa shape index (κ1) is 11.2. The Kier molecular flexibility index (Phi) is 2.94. The van der Waals surface area contributed by atoms with E-state index in [1.54, 1.807) is 12.1 Å². The lowest BCUT2D eigenvalue weighted by atomic mass is 9.99. The predicted molar refractivity (Wildman–Crippen MR) is 66.7 cm³/mol. The molecule has 0 saturated carbocycles. The number of halogens is 1. The molecular weight excluding hydrogens is 231 g/mol. The minimum atomic E-state index is -0.481. The molecule has 92 valence electrons. The molecule has 1 N–H and O–H groups in total. The molecular formula is C14H13FN2O. The van der Waals surface area contributed by atoms with E-state index < -0.39 is 5.95 Å². The van der Waals surface area contributed by atoms with Crippen LogP contribution in [0.4, 0.5) is 10.2 Å². The molecule has 1 atom stereocenters. The second kappa shape index (κ2) is 4.74. The number of hydrogen-bond acceptors (Lipinski definition) is 3. The molecule has 18 heavy (non-hydrogen) atoms. The minimum absolute atomic E-state index is 0.0178. The van der Waals surface area contributed by atoms with Gasteiger partial charge >= 0.3 is 0 Å². The second-order valence-corrected chi connectivity index (χ2v) is 4.26. The van der Waals surface area contributed by atoms with Crippen molar-refractivity contribution in [1.82, 2.24) is 4.98 Å². The number of hydrogen-bond donors (Lipinski definition) is 1. The maximum atomic E-state index is 13.0. The third-order valence-corrected chi connectivity index (χ3v) is 3.01. The maximum Gasteiger partial charge on any atom is 0.214 e. The molecule has 3 rings (SSSR count). The van der Waals surface area contributed by atoms with Gasteiger partial charge in [-0.2, -0.15) is 4.39 Å². The van der Waals surface area contributed by atoms with Gasteiger partial charge in [-0.25, -0.2) is 4.98 Å². The number of rotatable bonds is 2. The van der Waals surface area contributed by atoms with E-state index in [-0.39, 0.29) is 6.04 Å². The van der Waals surface area contributed by atoms with Crippen LogP contribution in [0.1, 0.15) is 17.2 Å². The molecule has 1 aromatic carbocycles. The largest absolute Gasteiger partial charge is 0.374 e. The van der Waals surface area contributed by atoms with Crippen molar-refractivity contribution in [3.05, 3.63) is 59.5 Å². The predicted octanol–water partition coefficient (Wildman–Crippen LogP) is 2.90. The van der Waals surface area contributed by atoms with E-state index in [0.717, 1.165) is 5.56 Å². The molecule has 0 amide bonds. The van der Waals surface area contributed by atoms with Crippen LogP contribution in [0.2, 0.25) is 0 Å². The van der Waals surface area contributed by atoms with Crippen LogP contribution in [0, 0.1) is 5.95 Å². The standard InChI is InChI=1S/C14H13FN2O/c15-13-6-3-7-14(17-13)16-12-9-18-8-10-4-1-2-5-11(10)12/h1-7,12H,8-9H2,(H,16,17). The lowest BCUT2D eigenvalue weighted by molar-refractivity contribution is 0.0969. The number of nitrogens with zero attached hydrogens (tertiary/aromatic N) is 1. The fourth-order valence-corrected chi connectivity index (χ4v) is 2.17. The monoisotopic (exact) mass is 244 g/mol. The van der Waals surface area contributed by atoms with Crippen molar-refractivity contribution in [2.45, 2.75) is 12.6 Å². The summed E-state index contributed by atoms with van der Waals surface area (Å²) in [5, 5.41) is 3.20. The van der Waals surface area contributed by atoms with Gasteiger partial charge in [0.25, 0.3) is 0 Å². The van der Waals surface area contributed by atoms with Crippen LogP contribution >= 0.6 is 0 Å². The highest BCUT2D eigenvalue weighted by Gasteiger charge is 2.20. The fourth-order valence-electron chi connectivity index (χ4n) is 2.17. The summed E-state index contributed by atoms with van der Waals surface area (Å²) in [5.74, 6) is 0.0466. The molecule has 1 unspecified atom stereocenters. The fraction of sp³-hybridized carbons (Fsp3) is 0.214. The number of nitrogens with one attached hydrogen (secondary N) is 1. The Morgan fingerprint density at radius 3 is 2.94 bits per heavy atom. The Morgan fingerprint density at radius 1 is 1.17 bits per heavy atom. The van der Waals surface area contributed by atoms with Crippen LogP contribution in [-0.2, 0) is 11.3 Å². The van der Waals surface area contributed by atoms with E-state index in [1.807, 2.05) is 18.2 Å². The molecule has 0 bridgehead atoms. The quantitative estimate of drug-likeness (QED) is 0.825. The van der Waals surface area contributed by atoms with Gasteiger partial charge in [-0.1, -0.05) is 30.3 Å². The van der Waals surface area contributed by atoms with Crippen LogP contribution in [0.15, 0.2) is 42.5 Å². The molecule has 1 aliphatic rings. The molecule has 0 radical (unpaired) electrons. The summed E-state index contributed by atoms with van der Waals surface area (Å²) in [6.07, 6.45) is 0. The van der Waals surface area contributed by atoms with Gasteiger partial charge in [0.1, 0.15) is 5.82 Å². The van der Waals surface area contributed by atoms with E-state index in [9.17, 15) is 4.39 Å². The lowest BCUT2D eigenvalue weighted by Gasteiger charge is -2.26. The van der Waals surface area contributed by atoms with Crippen LogP contribution in [0.3, 0.4) is 0 Å². The van der Waals surface area contributed by atoms with Crippen LogP contribution in [0.5, 0.6) is 0 Å². The highest BCUT2D eigenvalue weighted by molar-refractivity contribution is 5.41. The summed E-state index contributed by atoms with van der Waals surface area (Å²) in [6, 6.07) is 12.8. The number of ether oxygens (including phenoxy) is 1. The zero-order valence-electron chi connectivity index (χ0n) is 9.77. The Morgan fingerprint density at radius 2 is 2.06 bits per heavy atom. The molecule has 3 nitrogen and oxygen atoms in total. The summed E-state index contributed by atoms with van der Waals surface area (Å²) < 4.78 is 18.6. The smallest absolute Gasteiger partial charge is 0.214 e. The van der Waals surface area contributed by atoms with Gasteiger partial charge in [-0.15, -0.1) is 0 Å². The molecule has 1 aliphatic heterocycles. The Hall–Kier alpha value is -1.94. The molecule has 2 aromatic rings. The van der Waals surface area contributed by atoms with Gasteiger partial charge in [0.2, 0.25) is 5.95 Å². The van der Waals surface area contributed by atoms with E-state index in [4.69, 9.17) is 4.74 Å². The highest BCUT2D eigenvalue weighted by Crippen LogP contribution is 2.27. The van der Waals surface area contributed by atoms with Crippen molar-refractivity contribution >= 4 is 5.82 Å². The topological polar surface area (TPSA) is 34.1 Å². The van der Waals surface area contributed by atoms with Gasteiger partial charge in [0, 0.05) is 0 Å². The minimum Gasteiger partial charge on any atom is -0.374 e. The van der Waals surface area contributed by atoms with E-state index in [0.29, 0.717) is 19.0 Å². The van der Waals surface area contributed by atoms with E-state index >= 15 is 0 Å². The van der Waals surface area contributed by atoms with E-state index in [1.165, 1.54) is 11.6 Å². The van der Waals surface area contributed by atoms with Gasteiger partial charge in [-0.05, 0) is 23.3 Å². The zero-order chi connectivity index (χ0) is 12.4. The number of anilines is 1. The van der Waals surface area contributed by atoms with E-state index in [2.05, 4.69) is 16.4 Å². The first-order valence-electron chi connectivity index (χ1n) is 5.87. The van der Waals surface area contributed by atoms with Crippen molar-refractivity contribution < 1.29 is 9.13 Å². The summed E-state index contributed by atoms with van der Waals surface area (Å²) >= 11 is 0. The Balaban J connectivity index is 1.86. The van der Waals surface area contributed by atoms with Gasteiger partial charge in [0.15, 0.2) is 0 Å². The van der Waals surface area contributed by atoms with Crippen LogP contribution < -0.4 is 5.32 Å². The van der Waals surface area contributed by atoms with Crippen molar-refractivity contribution in [3.63, 3.8) is 0 Å². The summed E-state index contributed by atoms with van der Waals surface area (Å²) in [6.45, 7) is 1.19. The number of benzene rings is 1. The lowest BCUT2D eigenvalue weighted by Crippen LogP contribution is -2.23. The average molecular weight is 244 g/mol. The third-order valence-electron chi connectivity index (χ3n) is 3.01. The van der Waals surface area contributed by atoms with Crippen molar-refractivity contribution in [3.8, 4) is 0 Å². The molecule has 0 saturated heterocycles. The molecule has 4 heteroatoms. The second-order valence-electron chi connectivity index (χ2n) is 4.26. The zero-order valence-corrected chi connectivity index (χ0v) is 9.77. The van der Waals surface area contributed by atoms with Crippen molar-refractivity contribution in [2.24, 2.45) is 0 Å². The molecule has 1 aromatic heterocycles. The highest BCUT2D eigenvalue weighted by atomic mass is 19.1. The van der Waals surface area contributed by atoms with Crippen molar-refractivity contribution in [2.75, 3.05) is 11.9 Å². The first-order valence-corrected chi connectivity index (χ1v) is 5.87. The normalized spacial score (nSPS) is 18.2. The average Bonchev–Trinajstić information content (AvgIpc) is 2.39. The molecule has 0 spiro atoms. The number of pyridine rings is 1. The Bertz CT molecular complexity index is 559. The number of fused-ring (bicyclic) bond motifs is 1. The first-order chi connectivity index (χ1) is 8.83. The third kappa shape index (κ3) is 2.19. The molecule has 0 fully saturated rings. The molecule has 0 aliphatic carbocycles. The summed E-state index contributed by atoms with van der Waals surface area (Å²) in [5.41, 5.74) is 2.35.